The molecule has 0 atom stereocenters. The van der Waals surface area contributed by atoms with E-state index in [9.17, 15) is 9.59 Å². The second-order valence-electron chi connectivity index (χ2n) is 9.74. The highest BCUT2D eigenvalue weighted by Crippen LogP contribution is 2.47. The lowest BCUT2D eigenvalue weighted by Gasteiger charge is -2.21. The summed E-state index contributed by atoms with van der Waals surface area (Å²) in [5, 5.41) is 0. The molecular weight excluding hydrogens is 480 g/mol. The van der Waals surface area contributed by atoms with Gasteiger partial charge in [0.2, 0.25) is 5.91 Å². The Morgan fingerprint density at radius 3 is 2.34 bits per heavy atom. The Labute approximate surface area is 218 Å². The molecule has 5 aromatic rings. The summed E-state index contributed by atoms with van der Waals surface area (Å²) in [6.45, 7) is 1.98. The number of nitrogens with zero attached hydrogens (tertiary/aromatic N) is 5. The van der Waals surface area contributed by atoms with Crippen LogP contribution in [0, 0.1) is 5.41 Å². The number of ether oxygens (including phenoxy) is 1. The highest BCUT2D eigenvalue weighted by atomic mass is 16.5. The van der Waals surface area contributed by atoms with Crippen LogP contribution in [0.5, 0.6) is 11.5 Å². The molecule has 9 heteroatoms. The molecule has 190 valence electrons. The Kier molecular flexibility index (Phi) is 5.48. The molecule has 0 spiro atoms. The number of rotatable bonds is 6. The number of benzene rings is 3. The number of fused-ring (bicyclic) bond motifs is 1. The number of para-hydroxylation sites is 1. The molecule has 0 saturated heterocycles. The molecule has 1 saturated carbocycles. The lowest BCUT2D eigenvalue weighted by atomic mass is 10.1. The fourth-order valence-corrected chi connectivity index (χ4v) is 4.57. The van der Waals surface area contributed by atoms with Crippen molar-refractivity contribution in [1.29, 1.82) is 0 Å². The van der Waals surface area contributed by atoms with E-state index in [0.29, 0.717) is 39.7 Å². The molecule has 1 aliphatic rings. The zero-order chi connectivity index (χ0) is 26.4. The van der Waals surface area contributed by atoms with Crippen LogP contribution >= 0.6 is 0 Å². The Morgan fingerprint density at radius 2 is 1.63 bits per heavy atom. The third kappa shape index (κ3) is 3.98. The summed E-state index contributed by atoms with van der Waals surface area (Å²) in [6.07, 6.45) is 3.10. The Bertz CT molecular complexity index is 1720. The maximum absolute atomic E-state index is 13.9. The quantitative estimate of drug-likeness (QED) is 0.357. The Hall–Kier alpha value is -4.92. The van der Waals surface area contributed by atoms with Gasteiger partial charge in [-0.25, -0.2) is 19.3 Å². The minimum absolute atomic E-state index is 0.0637. The Balaban J connectivity index is 1.43. The third-order valence-corrected chi connectivity index (χ3v) is 7.02. The highest BCUT2D eigenvalue weighted by Gasteiger charge is 2.46. The normalized spacial score (nSPS) is 13.8. The van der Waals surface area contributed by atoms with E-state index in [1.807, 2.05) is 55.5 Å². The van der Waals surface area contributed by atoms with Gasteiger partial charge in [-0.05, 0) is 67.4 Å². The van der Waals surface area contributed by atoms with Crippen molar-refractivity contribution in [3.63, 3.8) is 0 Å². The summed E-state index contributed by atoms with van der Waals surface area (Å²) in [5.74, 6) is 1.59. The van der Waals surface area contributed by atoms with E-state index in [-0.39, 0.29) is 22.8 Å². The van der Waals surface area contributed by atoms with Crippen molar-refractivity contribution in [1.82, 2.24) is 19.1 Å². The average Bonchev–Trinajstić information content (AvgIpc) is 3.61. The number of anilines is 2. The predicted molar refractivity (Wildman–Crippen MR) is 146 cm³/mol. The molecule has 1 aliphatic carbocycles. The first kappa shape index (κ1) is 23.5. The summed E-state index contributed by atoms with van der Waals surface area (Å²) < 4.78 is 8.87. The van der Waals surface area contributed by atoms with Gasteiger partial charge in [0.05, 0.1) is 11.4 Å². The number of carbonyl (C=O) groups excluding carboxylic acids is 1. The van der Waals surface area contributed by atoms with E-state index < -0.39 is 0 Å². The first-order valence-corrected chi connectivity index (χ1v) is 12.3. The van der Waals surface area contributed by atoms with E-state index in [1.54, 1.807) is 42.3 Å². The minimum Gasteiger partial charge on any atom is -0.457 e. The van der Waals surface area contributed by atoms with Crippen molar-refractivity contribution in [2.45, 2.75) is 19.8 Å². The van der Waals surface area contributed by atoms with Crippen LogP contribution in [0.4, 0.5) is 11.5 Å². The molecule has 38 heavy (non-hydrogen) atoms. The van der Waals surface area contributed by atoms with E-state index in [1.165, 1.54) is 15.5 Å². The number of imidazole rings is 1. The predicted octanol–water partition coefficient (Wildman–Crippen LogP) is 4.71. The van der Waals surface area contributed by atoms with Crippen molar-refractivity contribution in [2.75, 3.05) is 17.7 Å². The van der Waals surface area contributed by atoms with E-state index >= 15 is 0 Å². The summed E-state index contributed by atoms with van der Waals surface area (Å²) in [6, 6.07) is 23.9. The highest BCUT2D eigenvalue weighted by molar-refractivity contribution is 5.98. The molecule has 1 amide bonds. The van der Waals surface area contributed by atoms with Crippen molar-refractivity contribution in [3.05, 3.63) is 95.7 Å². The summed E-state index contributed by atoms with van der Waals surface area (Å²) >= 11 is 0. The summed E-state index contributed by atoms with van der Waals surface area (Å²) in [7, 11) is 1.76. The van der Waals surface area contributed by atoms with E-state index in [0.717, 1.165) is 12.8 Å². The van der Waals surface area contributed by atoms with Gasteiger partial charge >= 0.3 is 5.69 Å². The molecule has 6 rings (SSSR count). The number of nitrogen functional groups attached to an aromatic ring is 1. The molecule has 0 radical (unpaired) electrons. The molecule has 0 bridgehead atoms. The minimum atomic E-state index is -0.357. The zero-order valence-corrected chi connectivity index (χ0v) is 21.0. The van der Waals surface area contributed by atoms with Gasteiger partial charge in [0, 0.05) is 18.2 Å². The van der Waals surface area contributed by atoms with Crippen molar-refractivity contribution in [3.8, 4) is 22.9 Å². The molecule has 3 aromatic carbocycles. The van der Waals surface area contributed by atoms with Crippen LogP contribution in [0.15, 0.2) is 90.0 Å². The third-order valence-electron chi connectivity index (χ3n) is 7.02. The van der Waals surface area contributed by atoms with E-state index in [4.69, 9.17) is 10.5 Å². The van der Waals surface area contributed by atoms with Crippen LogP contribution in [0.1, 0.15) is 19.8 Å². The molecule has 2 aromatic heterocycles. The maximum atomic E-state index is 13.9. The number of nitrogens with two attached hydrogens (primary N) is 1. The van der Waals surface area contributed by atoms with E-state index in [2.05, 4.69) is 9.97 Å². The molecule has 0 unspecified atom stereocenters. The lowest BCUT2D eigenvalue weighted by molar-refractivity contribution is -0.122. The molecule has 0 aliphatic heterocycles. The first-order valence-electron chi connectivity index (χ1n) is 12.3. The van der Waals surface area contributed by atoms with Gasteiger partial charge < -0.3 is 15.4 Å². The smallest absolute Gasteiger partial charge is 0.339 e. The van der Waals surface area contributed by atoms with Gasteiger partial charge in [0.15, 0.2) is 11.5 Å². The largest absolute Gasteiger partial charge is 0.457 e. The number of amides is 1. The molecule has 2 heterocycles. The van der Waals surface area contributed by atoms with Crippen molar-refractivity contribution >= 4 is 28.6 Å². The number of hydrogen-bond donors (Lipinski definition) is 1. The molecule has 2 N–H and O–H groups in total. The SMILES string of the molecule is CN(C(=O)C1(C)CC1)c1cccc(-n2c(=O)n(-c3ccc(Oc4ccccc4)cc3)c3c(N)ncnc32)c1. The van der Waals surface area contributed by atoms with Crippen LogP contribution in [0.2, 0.25) is 0 Å². The second-order valence-corrected chi connectivity index (χ2v) is 9.74. The van der Waals surface area contributed by atoms with Crippen LogP contribution in [-0.2, 0) is 4.79 Å². The summed E-state index contributed by atoms with van der Waals surface area (Å²) in [5.41, 5.74) is 8.21. The fraction of sp³-hybridized carbons (Fsp3) is 0.172. The number of hydrogen-bond acceptors (Lipinski definition) is 6. The van der Waals surface area contributed by atoms with Gasteiger partial charge in [0.1, 0.15) is 23.3 Å². The van der Waals surface area contributed by atoms with Gasteiger partial charge in [-0.3, -0.25) is 9.36 Å². The lowest BCUT2D eigenvalue weighted by Crippen LogP contribution is -2.32. The number of aromatic nitrogens is 4. The molecule has 1 fully saturated rings. The monoisotopic (exact) mass is 506 g/mol. The van der Waals surface area contributed by atoms with Crippen LogP contribution in [-0.4, -0.2) is 32.1 Å². The summed E-state index contributed by atoms with van der Waals surface area (Å²) in [4.78, 5) is 37.0. The van der Waals surface area contributed by atoms with Crippen LogP contribution < -0.4 is 21.1 Å². The van der Waals surface area contributed by atoms with Gasteiger partial charge in [0.25, 0.3) is 0 Å². The topological polar surface area (TPSA) is 108 Å². The second kappa shape index (κ2) is 8.88. The van der Waals surface area contributed by atoms with Gasteiger partial charge in [-0.1, -0.05) is 31.2 Å². The maximum Gasteiger partial charge on any atom is 0.339 e. The zero-order valence-electron chi connectivity index (χ0n) is 21.0. The van der Waals surface area contributed by atoms with Crippen LogP contribution in [0.3, 0.4) is 0 Å². The Morgan fingerprint density at radius 1 is 0.921 bits per heavy atom. The first-order chi connectivity index (χ1) is 18.4. The molecular formula is C29H26N6O3. The van der Waals surface area contributed by atoms with Gasteiger partial charge in [-0.2, -0.15) is 0 Å². The van der Waals surface area contributed by atoms with Crippen LogP contribution in [0.25, 0.3) is 22.5 Å². The fourth-order valence-electron chi connectivity index (χ4n) is 4.57. The standard InChI is InChI=1S/C29H26N6O3/c1-29(15-16-29)27(36)33(2)20-7-6-8-21(17-20)35-26-24(25(30)31-18-32-26)34(28(35)37)19-11-13-23(14-12-19)38-22-9-4-3-5-10-22/h3-14,17-18H,15-16H2,1-2H3,(H2,30,31,32). The van der Waals surface area contributed by atoms with Crippen molar-refractivity contribution in [2.24, 2.45) is 5.41 Å². The molecule has 9 nitrogen and oxygen atoms in total. The van der Waals surface area contributed by atoms with Crippen molar-refractivity contribution < 1.29 is 9.53 Å². The average molecular weight is 507 g/mol. The number of carbonyl (C=O) groups is 1. The van der Waals surface area contributed by atoms with Gasteiger partial charge in [-0.15, -0.1) is 0 Å².